The van der Waals surface area contributed by atoms with Crippen LogP contribution in [-0.2, 0) is 30.4 Å². The van der Waals surface area contributed by atoms with Crippen LogP contribution in [0.3, 0.4) is 0 Å². The number of aliphatic hydroxyl groups is 1. The van der Waals surface area contributed by atoms with E-state index in [1.807, 2.05) is 210 Å². The summed E-state index contributed by atoms with van der Waals surface area (Å²) in [5.74, 6) is -3.41. The molecule has 0 aliphatic carbocycles. The molecule has 1 amide bonds. The first-order valence-electron chi connectivity index (χ1n) is 46.2. The van der Waals surface area contributed by atoms with Gasteiger partial charge in [0.05, 0.1) is 118 Å². The number of nitrogens with zero attached hydrogens (tertiary/aromatic N) is 5. The molecule has 760 valence electrons. The molecule has 0 aliphatic heterocycles. The third kappa shape index (κ3) is 24.7. The summed E-state index contributed by atoms with van der Waals surface area (Å²) in [6.45, 7) is 23.4. The number of aryl methyl sites for hydroxylation is 5. The van der Waals surface area contributed by atoms with Crippen molar-refractivity contribution in [1.82, 2.24) is 28.2 Å². The Morgan fingerprint density at radius 1 is 0.414 bits per heavy atom. The molecule has 0 saturated heterocycles. The number of benzene rings is 10. The van der Waals surface area contributed by atoms with Crippen LogP contribution >= 0.6 is 107 Å². The first kappa shape index (κ1) is 113. The van der Waals surface area contributed by atoms with Crippen molar-refractivity contribution in [2.24, 2.45) is 0 Å². The molecule has 0 saturated carbocycles. The summed E-state index contributed by atoms with van der Waals surface area (Å²) >= 11 is 54.9. The van der Waals surface area contributed by atoms with Gasteiger partial charge in [-0.1, -0.05) is 266 Å². The number of amides is 1. The lowest BCUT2D eigenvalue weighted by atomic mass is 9.91. The number of carboxylic acids is 3. The summed E-state index contributed by atoms with van der Waals surface area (Å²) in [4.78, 5) is 75.8. The second-order valence-electron chi connectivity index (χ2n) is 34.6. The molecule has 23 nitrogen and oxygen atoms in total. The van der Waals surface area contributed by atoms with Crippen molar-refractivity contribution in [2.45, 2.75) is 166 Å². The number of fused-ring (bicyclic) bond motifs is 5. The summed E-state index contributed by atoms with van der Waals surface area (Å²) < 4.78 is 65.2. The second kappa shape index (κ2) is 49.5. The summed E-state index contributed by atoms with van der Waals surface area (Å²) in [6, 6.07) is 52.6. The number of phenolic OH excluding ortho intramolecular Hbond substituents is 1. The van der Waals surface area contributed by atoms with E-state index in [1.54, 1.807) is 59.6 Å². The number of esters is 1. The van der Waals surface area contributed by atoms with Gasteiger partial charge in [0.15, 0.2) is 5.75 Å². The van der Waals surface area contributed by atoms with Crippen LogP contribution in [0, 0.1) is 69.2 Å². The molecule has 0 radical (unpaired) electrons. The fraction of sp³-hybridized carbons (Fsp3) is 0.279. The number of rotatable bonds is 28. The van der Waals surface area contributed by atoms with Crippen LogP contribution in [0.1, 0.15) is 195 Å². The minimum absolute atomic E-state index is 0.0241. The van der Waals surface area contributed by atoms with Crippen LogP contribution in [0.2, 0.25) is 25.1 Å². The predicted octanol–water partition coefficient (Wildman–Crippen LogP) is 27.0. The van der Waals surface area contributed by atoms with Crippen LogP contribution in [0.5, 0.6) is 40.2 Å². The predicted molar refractivity (Wildman–Crippen MR) is 588 cm³/mol. The molecular weight excluding hydrogens is 2030 g/mol. The first-order chi connectivity index (χ1) is 68.9. The van der Waals surface area contributed by atoms with Gasteiger partial charge in [0.25, 0.3) is 5.91 Å². The number of methoxy groups -OCH3 is 4. The minimum atomic E-state index is -2.98. The molecule has 6 N–H and O–H groups in total. The van der Waals surface area contributed by atoms with Crippen LogP contribution < -0.4 is 33.7 Å². The number of phenols is 1. The SMILES string of the molecule is CCC(C(=O)O)c1c(C)n(C(=S)c2ccc(C)cc2)c2cc(Cl)c(OC)cc12.CCCC(C(=O)O)c1c(C)n(C(=S)c2ccc(C)cc2)c2cc(Cl)c(OC)cc12.CCCCC(C(=O)O)c1c(C)n(C(=S)c2ccc(C)cc2)c2cc(Cl)c(OC)cc12.COc1c(Cl)cc2c(c1C)c(OC(C)=O)c(C)n2C(=S)c1ccc(C)cc1.Cc1c(CC(=O)NCCO)c2cc(O)c(Cl)cc2n1C(=O)c1ccc(OC(F)F)cc1. The van der Waals surface area contributed by atoms with E-state index in [1.165, 1.54) is 47.9 Å². The molecule has 0 aliphatic rings. The molecular formula is C111H111Cl5F2N6O17S4. The number of ether oxygens (including phenoxy) is 6. The van der Waals surface area contributed by atoms with Crippen LogP contribution in [-0.4, -0.2) is 152 Å². The maximum Gasteiger partial charge on any atom is 0.387 e. The maximum atomic E-state index is 13.2. The van der Waals surface area contributed by atoms with E-state index >= 15 is 0 Å². The molecule has 0 bridgehead atoms. The van der Waals surface area contributed by atoms with E-state index in [0.717, 1.165) is 152 Å². The number of hydrogen-bond acceptors (Lipinski definition) is 18. The molecule has 0 fully saturated rings. The monoisotopic (exact) mass is 2140 g/mol. The zero-order valence-electron chi connectivity index (χ0n) is 83.1. The molecule has 0 spiro atoms. The van der Waals surface area contributed by atoms with Crippen molar-refractivity contribution < 1.29 is 91.5 Å². The number of hydrogen-bond donors (Lipinski definition) is 6. The molecule has 5 aromatic heterocycles. The number of aliphatic carboxylic acids is 3. The van der Waals surface area contributed by atoms with E-state index in [4.69, 9.17) is 136 Å². The number of alkyl halides is 2. The number of thiocarbonyl (C=S) groups is 4. The van der Waals surface area contributed by atoms with E-state index in [0.29, 0.717) is 110 Å². The Hall–Kier alpha value is -12.7. The molecule has 15 rings (SSSR count). The topological polar surface area (TPSA) is 296 Å². The number of carboxylic acid groups (broad SMARTS) is 3. The molecule has 3 unspecified atom stereocenters. The number of aromatic nitrogens is 5. The first-order valence-corrected chi connectivity index (χ1v) is 49.7. The van der Waals surface area contributed by atoms with E-state index < -0.39 is 54.1 Å². The Kier molecular flexibility index (Phi) is 38.5. The van der Waals surface area contributed by atoms with Crippen LogP contribution in [0.4, 0.5) is 8.78 Å². The van der Waals surface area contributed by atoms with Gasteiger partial charge in [-0.25, -0.2) is 0 Å². The summed E-state index contributed by atoms with van der Waals surface area (Å²) in [6.07, 6.45) is 4.00. The Labute approximate surface area is 885 Å². The zero-order valence-corrected chi connectivity index (χ0v) is 90.1. The quantitative estimate of drug-likeness (QED) is 0.0196. The third-order valence-corrected chi connectivity index (χ3v) is 28.2. The summed E-state index contributed by atoms with van der Waals surface area (Å²) in [5.41, 5.74) is 19.1. The van der Waals surface area contributed by atoms with Crippen molar-refractivity contribution in [3.05, 3.63) is 307 Å². The number of aromatic hydroxyl groups is 1. The molecule has 145 heavy (non-hydrogen) atoms. The fourth-order valence-corrected chi connectivity index (χ4v) is 20.6. The maximum absolute atomic E-state index is 13.2. The van der Waals surface area contributed by atoms with Gasteiger partial charge in [-0.05, 0) is 190 Å². The van der Waals surface area contributed by atoms with Gasteiger partial charge in [-0.3, -0.25) is 33.3 Å². The normalized spacial score (nSPS) is 11.7. The van der Waals surface area contributed by atoms with Crippen LogP contribution in [0.15, 0.2) is 176 Å². The van der Waals surface area contributed by atoms with Gasteiger partial charge in [0.1, 0.15) is 54.5 Å². The van der Waals surface area contributed by atoms with E-state index in [2.05, 4.69) is 17.0 Å². The highest BCUT2D eigenvalue weighted by atomic mass is 35.5. The number of carbonyl (C=O) groups excluding carboxylic acids is 3. The van der Waals surface area contributed by atoms with Crippen molar-refractivity contribution in [3.8, 4) is 40.2 Å². The Morgan fingerprint density at radius 2 is 0.772 bits per heavy atom. The summed E-state index contributed by atoms with van der Waals surface area (Å²) in [5, 5.41) is 56.7. The fourth-order valence-electron chi connectivity index (χ4n) is 17.9. The standard InChI is InChI=1S/C24H26ClNO3S.C23H24ClNO3S.C22H22ClNO3S.C21H19ClF2N2O5.C21H20ClNO3S/c1-5-6-7-17(24(27)28)22-15(3)26(23(30)16-10-8-14(2)9-11-16)20-13-19(25)21(29-4)12-18(20)22;1-5-6-16(23(26)27)21-14(3)25(22(29)15-9-7-13(2)8-10-15)19-12-18(24)20(28-4)11-17(19)21;1-5-15(22(25)26)20-13(3)24(21(28)14-8-6-12(2)7-9-14)18-11-17(23)19(27-4)10-16(18)20;1-11-14(9-19(29)25-6-7-27)15-8-18(28)16(22)10-17(15)26(11)20(30)12-2-4-13(5-3-12)31-21(23)24;1-11-6-8-15(9-7-11)21(27)23-13(3)20(26-14(4)24)18-12(2)19(25-5)16(22)10-17(18)23/h8-13,17H,5-7H2,1-4H3,(H,27,28);7-12,16H,5-6H2,1-4H3,(H,26,27);6-11,15H,5H2,1-4H3,(H,25,26);2-5,8,10,21,27-28H,6-7,9H2,1H3,(H,25,29);6-10H,1-5H3. The van der Waals surface area contributed by atoms with Gasteiger partial charge in [0, 0.05) is 96.6 Å². The van der Waals surface area contributed by atoms with Gasteiger partial charge < -0.3 is 77.5 Å². The smallest absolute Gasteiger partial charge is 0.387 e. The van der Waals surface area contributed by atoms with Crippen molar-refractivity contribution in [1.29, 1.82) is 0 Å². The molecule has 34 heteroatoms. The van der Waals surface area contributed by atoms with Crippen molar-refractivity contribution >= 4 is 217 Å². The van der Waals surface area contributed by atoms with Crippen molar-refractivity contribution in [3.63, 3.8) is 0 Å². The van der Waals surface area contributed by atoms with Crippen LogP contribution in [0.25, 0.3) is 54.5 Å². The number of carbonyl (C=O) groups is 6. The zero-order chi connectivity index (χ0) is 106. The average Bonchev–Trinajstić information content (AvgIpc) is 1.61. The molecule has 3 atom stereocenters. The largest absolute Gasteiger partial charge is 0.506 e. The second-order valence-corrected chi connectivity index (χ2v) is 38.2. The Bertz CT molecular complexity index is 7500. The average molecular weight is 2140 g/mol. The highest BCUT2D eigenvalue weighted by Gasteiger charge is 2.35. The van der Waals surface area contributed by atoms with Gasteiger partial charge in [-0.15, -0.1) is 0 Å². The number of unbranched alkanes of at least 4 members (excludes halogenated alkanes) is 1. The lowest BCUT2D eigenvalue weighted by molar-refractivity contribution is -0.140. The Morgan fingerprint density at radius 3 is 1.12 bits per heavy atom. The number of nitrogens with one attached hydrogen (secondary N) is 1. The molecule has 10 aromatic carbocycles. The lowest BCUT2D eigenvalue weighted by Gasteiger charge is -2.14. The minimum Gasteiger partial charge on any atom is -0.506 e. The summed E-state index contributed by atoms with van der Waals surface area (Å²) in [7, 11) is 6.21. The van der Waals surface area contributed by atoms with E-state index in [-0.39, 0.29) is 47.6 Å². The van der Waals surface area contributed by atoms with E-state index in [9.17, 15) is 58.0 Å². The van der Waals surface area contributed by atoms with Crippen molar-refractivity contribution in [2.75, 3.05) is 41.6 Å². The highest BCUT2D eigenvalue weighted by molar-refractivity contribution is 7.81. The Balaban J connectivity index is 0.000000173. The molecule has 15 aromatic rings. The third-order valence-electron chi connectivity index (χ3n) is 25.1. The number of halogens is 7. The highest BCUT2D eigenvalue weighted by Crippen LogP contribution is 2.47. The van der Waals surface area contributed by atoms with Gasteiger partial charge in [-0.2, -0.15) is 8.78 Å². The van der Waals surface area contributed by atoms with Gasteiger partial charge >= 0.3 is 30.5 Å². The molecule has 5 heterocycles. The number of aliphatic hydroxyl groups excluding tert-OH is 1. The lowest BCUT2D eigenvalue weighted by Crippen LogP contribution is -2.28. The van der Waals surface area contributed by atoms with Gasteiger partial charge in [0.2, 0.25) is 5.91 Å².